The predicted molar refractivity (Wildman–Crippen MR) is 114 cm³/mol. The summed E-state index contributed by atoms with van der Waals surface area (Å²) in [6.45, 7) is 8.66. The minimum atomic E-state index is -0.116. The van der Waals surface area contributed by atoms with Gasteiger partial charge in [0.05, 0.1) is 6.10 Å². The molecule has 160 valence electrons. The van der Waals surface area contributed by atoms with E-state index in [0.29, 0.717) is 16.7 Å². The number of ether oxygens (including phenoxy) is 1. The number of hydrogen-bond donors (Lipinski definition) is 1. The summed E-state index contributed by atoms with van der Waals surface area (Å²) < 4.78 is 5.85. The Hall–Kier alpha value is -0.0800. The molecule has 5 aliphatic carbocycles. The van der Waals surface area contributed by atoms with Crippen molar-refractivity contribution in [3.8, 4) is 0 Å². The largest absolute Gasteiger partial charge is 0.393 e. The average Bonchev–Trinajstić information content (AvgIpc) is 3.47. The summed E-state index contributed by atoms with van der Waals surface area (Å²) >= 11 is 0. The Morgan fingerprint density at radius 1 is 0.929 bits per heavy atom. The topological polar surface area (TPSA) is 29.5 Å². The van der Waals surface area contributed by atoms with Gasteiger partial charge in [-0.2, -0.15) is 0 Å². The van der Waals surface area contributed by atoms with Gasteiger partial charge in [0.15, 0.2) is 0 Å². The molecular weight excluding hydrogens is 344 g/mol. The van der Waals surface area contributed by atoms with Gasteiger partial charge in [-0.3, -0.25) is 0 Å². The van der Waals surface area contributed by atoms with Gasteiger partial charge in [0.1, 0.15) is 0 Å². The highest BCUT2D eigenvalue weighted by atomic mass is 16.5. The van der Waals surface area contributed by atoms with E-state index < -0.39 is 0 Å². The van der Waals surface area contributed by atoms with E-state index in [1.165, 1.54) is 70.6 Å². The zero-order chi connectivity index (χ0) is 19.5. The van der Waals surface area contributed by atoms with Gasteiger partial charge in [-0.1, -0.05) is 6.92 Å². The molecule has 0 spiro atoms. The third-order valence-electron chi connectivity index (χ3n) is 10.9. The van der Waals surface area contributed by atoms with E-state index in [1.807, 2.05) is 0 Å². The second-order valence-corrected chi connectivity index (χ2v) is 11.8. The van der Waals surface area contributed by atoms with Gasteiger partial charge in [-0.05, 0) is 137 Å². The van der Waals surface area contributed by atoms with Crippen molar-refractivity contribution >= 4 is 0 Å². The van der Waals surface area contributed by atoms with Gasteiger partial charge >= 0.3 is 0 Å². The molecule has 1 N–H and O–H groups in total. The van der Waals surface area contributed by atoms with Crippen LogP contribution in [0.15, 0.2) is 0 Å². The number of aliphatic hydroxyl groups excluding tert-OH is 1. The van der Waals surface area contributed by atoms with Gasteiger partial charge in [-0.25, -0.2) is 0 Å². The Kier molecular flexibility index (Phi) is 5.15. The minimum absolute atomic E-state index is 0.116. The SMILES string of the molecule is CCOCC1CCC2(C3CC3)C(CCC3C4CCC(C(C)O)C4(C)CCC32)C1. The van der Waals surface area contributed by atoms with Gasteiger partial charge in [0, 0.05) is 13.2 Å². The molecule has 2 heteroatoms. The van der Waals surface area contributed by atoms with E-state index in [4.69, 9.17) is 4.74 Å². The van der Waals surface area contributed by atoms with Crippen molar-refractivity contribution < 1.29 is 9.84 Å². The molecule has 0 aliphatic heterocycles. The highest BCUT2D eigenvalue weighted by Crippen LogP contribution is 2.72. The first-order valence-corrected chi connectivity index (χ1v) is 12.8. The third kappa shape index (κ3) is 2.87. The molecule has 0 heterocycles. The summed E-state index contributed by atoms with van der Waals surface area (Å²) in [5.41, 5.74) is 1.11. The second kappa shape index (κ2) is 7.26. The number of hydrogen-bond acceptors (Lipinski definition) is 2. The first kappa shape index (κ1) is 19.9. The van der Waals surface area contributed by atoms with Gasteiger partial charge in [0.25, 0.3) is 0 Å². The fourth-order valence-corrected chi connectivity index (χ4v) is 9.75. The third-order valence-corrected chi connectivity index (χ3v) is 10.9. The molecule has 5 saturated carbocycles. The molecule has 0 aromatic carbocycles. The smallest absolute Gasteiger partial charge is 0.0545 e. The zero-order valence-electron chi connectivity index (χ0n) is 18.7. The van der Waals surface area contributed by atoms with Crippen molar-refractivity contribution in [2.24, 2.45) is 52.3 Å². The standard InChI is InChI=1S/C26H44O2/c1-4-28-16-18-11-14-26(19-5-6-19)20(15-18)7-8-21-23-10-9-22(17(2)27)25(23,3)13-12-24(21)26/h17-24,27H,4-16H2,1-3H3. The maximum absolute atomic E-state index is 10.5. The maximum Gasteiger partial charge on any atom is 0.0545 e. The van der Waals surface area contributed by atoms with Crippen LogP contribution in [-0.4, -0.2) is 24.4 Å². The summed E-state index contributed by atoms with van der Waals surface area (Å²) in [5.74, 6) is 6.27. The lowest BCUT2D eigenvalue weighted by Gasteiger charge is -2.63. The van der Waals surface area contributed by atoms with Crippen LogP contribution in [-0.2, 0) is 4.74 Å². The Labute approximate surface area is 173 Å². The summed E-state index contributed by atoms with van der Waals surface area (Å²) in [5, 5.41) is 10.5. The molecule has 5 aliphatic rings. The summed E-state index contributed by atoms with van der Waals surface area (Å²) in [4.78, 5) is 0. The van der Waals surface area contributed by atoms with Crippen LogP contribution in [0.4, 0.5) is 0 Å². The fourth-order valence-electron chi connectivity index (χ4n) is 9.75. The average molecular weight is 389 g/mol. The summed E-state index contributed by atoms with van der Waals surface area (Å²) in [7, 11) is 0. The molecule has 28 heavy (non-hydrogen) atoms. The van der Waals surface area contributed by atoms with Crippen LogP contribution in [0.25, 0.3) is 0 Å². The quantitative estimate of drug-likeness (QED) is 0.619. The van der Waals surface area contributed by atoms with Gasteiger partial charge < -0.3 is 9.84 Å². The molecular formula is C26H44O2. The Balaban J connectivity index is 1.39. The molecule has 0 aromatic rings. The summed E-state index contributed by atoms with van der Waals surface area (Å²) in [6.07, 6.45) is 15.8. The zero-order valence-corrected chi connectivity index (χ0v) is 18.7. The molecule has 0 bridgehead atoms. The fraction of sp³-hybridized carbons (Fsp3) is 1.00. The molecule has 9 unspecified atom stereocenters. The molecule has 0 saturated heterocycles. The first-order chi connectivity index (χ1) is 13.5. The van der Waals surface area contributed by atoms with E-state index in [9.17, 15) is 5.11 Å². The van der Waals surface area contributed by atoms with Crippen molar-refractivity contribution in [3.63, 3.8) is 0 Å². The van der Waals surface area contributed by atoms with Crippen molar-refractivity contribution in [2.45, 2.75) is 97.5 Å². The molecule has 0 amide bonds. The van der Waals surface area contributed by atoms with Crippen molar-refractivity contribution in [3.05, 3.63) is 0 Å². The van der Waals surface area contributed by atoms with Crippen LogP contribution in [0.3, 0.4) is 0 Å². The van der Waals surface area contributed by atoms with Crippen LogP contribution in [0, 0.1) is 52.3 Å². The molecule has 0 radical (unpaired) electrons. The number of rotatable bonds is 5. The van der Waals surface area contributed by atoms with Crippen molar-refractivity contribution in [1.82, 2.24) is 0 Å². The van der Waals surface area contributed by atoms with Crippen LogP contribution in [0.1, 0.15) is 91.4 Å². The molecule has 5 fully saturated rings. The van der Waals surface area contributed by atoms with E-state index in [2.05, 4.69) is 20.8 Å². The first-order valence-electron chi connectivity index (χ1n) is 12.8. The highest BCUT2D eigenvalue weighted by molar-refractivity contribution is 5.14. The van der Waals surface area contributed by atoms with Crippen LogP contribution in [0.5, 0.6) is 0 Å². The molecule has 2 nitrogen and oxygen atoms in total. The lowest BCUT2D eigenvalue weighted by atomic mass is 9.42. The van der Waals surface area contributed by atoms with Crippen LogP contribution >= 0.6 is 0 Å². The Bertz CT molecular complexity index is 569. The molecule has 9 atom stereocenters. The Morgan fingerprint density at radius 3 is 2.43 bits per heavy atom. The van der Waals surface area contributed by atoms with Crippen molar-refractivity contribution in [2.75, 3.05) is 13.2 Å². The lowest BCUT2D eigenvalue weighted by molar-refractivity contribution is -0.146. The Morgan fingerprint density at radius 2 is 1.71 bits per heavy atom. The predicted octanol–water partition coefficient (Wildman–Crippen LogP) is 6.07. The van der Waals surface area contributed by atoms with E-state index in [0.717, 1.165) is 48.7 Å². The normalized spacial score (nSPS) is 51.9. The van der Waals surface area contributed by atoms with E-state index in [-0.39, 0.29) is 6.10 Å². The van der Waals surface area contributed by atoms with Crippen LogP contribution in [0.2, 0.25) is 0 Å². The van der Waals surface area contributed by atoms with Crippen LogP contribution < -0.4 is 0 Å². The molecule has 0 aromatic heterocycles. The van der Waals surface area contributed by atoms with Crippen molar-refractivity contribution in [1.29, 1.82) is 0 Å². The number of fused-ring (bicyclic) bond motifs is 5. The lowest BCUT2D eigenvalue weighted by Crippen LogP contribution is -2.56. The minimum Gasteiger partial charge on any atom is -0.393 e. The number of aliphatic hydroxyl groups is 1. The summed E-state index contributed by atoms with van der Waals surface area (Å²) in [6, 6.07) is 0. The van der Waals surface area contributed by atoms with E-state index in [1.54, 1.807) is 0 Å². The van der Waals surface area contributed by atoms with Gasteiger partial charge in [0.2, 0.25) is 0 Å². The second-order valence-electron chi connectivity index (χ2n) is 11.8. The maximum atomic E-state index is 10.5. The highest BCUT2D eigenvalue weighted by Gasteiger charge is 2.64. The monoisotopic (exact) mass is 388 g/mol. The van der Waals surface area contributed by atoms with E-state index >= 15 is 0 Å². The molecule has 5 rings (SSSR count). The van der Waals surface area contributed by atoms with Gasteiger partial charge in [-0.15, -0.1) is 0 Å².